The van der Waals surface area contributed by atoms with Gasteiger partial charge in [-0.05, 0) is 63.4 Å². The second-order valence-corrected chi connectivity index (χ2v) is 8.37. The Morgan fingerprint density at radius 2 is 2.00 bits per heavy atom. The van der Waals surface area contributed by atoms with Crippen LogP contribution >= 0.6 is 0 Å². The van der Waals surface area contributed by atoms with Gasteiger partial charge in [-0.1, -0.05) is 6.07 Å². The van der Waals surface area contributed by atoms with E-state index in [0.29, 0.717) is 18.8 Å². The zero-order valence-electron chi connectivity index (χ0n) is 18.7. The number of aryl methyl sites for hydroxylation is 3. The zero-order chi connectivity index (χ0) is 22.7. The van der Waals surface area contributed by atoms with E-state index in [1.54, 1.807) is 19.2 Å². The van der Waals surface area contributed by atoms with Gasteiger partial charge in [0.25, 0.3) is 5.56 Å². The number of anilines is 2. The molecule has 166 valence electrons. The summed E-state index contributed by atoms with van der Waals surface area (Å²) in [6.45, 7) is 7.02. The topological polar surface area (TPSA) is 93.0 Å². The van der Waals surface area contributed by atoms with Crippen LogP contribution in [0.5, 0.6) is 0 Å². The number of pyridine rings is 2. The fourth-order valence-electron chi connectivity index (χ4n) is 4.07. The molecule has 8 heteroatoms. The maximum Gasteiger partial charge on any atom is 0.267 e. The van der Waals surface area contributed by atoms with Crippen LogP contribution in [0.25, 0.3) is 0 Å². The molecule has 0 saturated carbocycles. The lowest BCUT2D eigenvalue weighted by Crippen LogP contribution is -2.42. The van der Waals surface area contributed by atoms with Crippen molar-refractivity contribution in [3.05, 3.63) is 75.6 Å². The summed E-state index contributed by atoms with van der Waals surface area (Å²) in [5, 5.41) is 7.58. The van der Waals surface area contributed by atoms with Gasteiger partial charge in [0.2, 0.25) is 5.91 Å². The van der Waals surface area contributed by atoms with E-state index in [9.17, 15) is 9.59 Å². The molecule has 0 bridgehead atoms. The highest BCUT2D eigenvalue weighted by atomic mass is 16.2. The predicted octanol–water partition coefficient (Wildman–Crippen LogP) is 3.11. The maximum absolute atomic E-state index is 12.9. The Labute approximate surface area is 187 Å². The van der Waals surface area contributed by atoms with E-state index in [2.05, 4.69) is 15.4 Å². The van der Waals surface area contributed by atoms with Crippen LogP contribution in [0.3, 0.4) is 0 Å². The third kappa shape index (κ3) is 5.01. The van der Waals surface area contributed by atoms with Gasteiger partial charge < -0.3 is 10.2 Å². The number of nitrogens with zero attached hydrogens (tertiary/aromatic N) is 5. The van der Waals surface area contributed by atoms with E-state index in [4.69, 9.17) is 4.98 Å². The van der Waals surface area contributed by atoms with Gasteiger partial charge in [-0.3, -0.25) is 14.6 Å². The Balaban J connectivity index is 1.50. The molecule has 1 atom stereocenters. The lowest BCUT2D eigenvalue weighted by atomic mass is 9.93. The molecule has 0 radical (unpaired) electrons. The van der Waals surface area contributed by atoms with Gasteiger partial charge in [-0.2, -0.15) is 5.10 Å². The fraction of sp³-hybridized carbons (Fsp3) is 0.375. The number of nitrogens with one attached hydrogen (secondary N) is 1. The molecular weight excluding hydrogens is 404 g/mol. The summed E-state index contributed by atoms with van der Waals surface area (Å²) in [5.74, 6) is 0.866. The molecule has 4 rings (SSSR count). The van der Waals surface area contributed by atoms with E-state index in [1.165, 1.54) is 10.7 Å². The van der Waals surface area contributed by atoms with Crippen LogP contribution in [0.1, 0.15) is 41.4 Å². The van der Waals surface area contributed by atoms with Crippen LogP contribution < -0.4 is 10.9 Å². The van der Waals surface area contributed by atoms with E-state index in [0.717, 1.165) is 41.3 Å². The van der Waals surface area contributed by atoms with Crippen molar-refractivity contribution < 1.29 is 4.79 Å². The third-order valence-corrected chi connectivity index (χ3v) is 5.72. The molecule has 1 saturated heterocycles. The number of carbonyl (C=O) groups excluding carboxylic acids is 1. The Hall–Kier alpha value is -3.55. The minimum atomic E-state index is -0.265. The summed E-state index contributed by atoms with van der Waals surface area (Å²) in [7, 11) is 0. The molecule has 0 spiro atoms. The summed E-state index contributed by atoms with van der Waals surface area (Å²) in [4.78, 5) is 35.9. The number of piperidine rings is 1. The van der Waals surface area contributed by atoms with Crippen LogP contribution in [0.15, 0.2) is 47.4 Å². The standard InChI is InChI=1S/C24H28N6O2/c1-16-6-4-10-25-24(16)27-20-12-18(3)26-21(13-20)19-7-5-11-29(14-19)23(32)15-30-22(31)9-8-17(2)28-30/h4,6,8-10,12-13,19H,5,7,11,14-15H2,1-3H3,(H,25,26,27)/t19-/m0/s1. The van der Waals surface area contributed by atoms with Gasteiger partial charge in [0.1, 0.15) is 12.4 Å². The number of hydrogen-bond donors (Lipinski definition) is 1. The Morgan fingerprint density at radius 3 is 2.81 bits per heavy atom. The fourth-order valence-corrected chi connectivity index (χ4v) is 4.07. The van der Waals surface area contributed by atoms with Crippen molar-refractivity contribution in [3.63, 3.8) is 0 Å². The summed E-state index contributed by atoms with van der Waals surface area (Å²) >= 11 is 0. The first-order chi connectivity index (χ1) is 15.4. The third-order valence-electron chi connectivity index (χ3n) is 5.72. The molecule has 3 aromatic heterocycles. The normalized spacial score (nSPS) is 16.1. The Bertz CT molecular complexity index is 1190. The van der Waals surface area contributed by atoms with E-state index in [1.807, 2.05) is 43.0 Å². The maximum atomic E-state index is 12.9. The van der Waals surface area contributed by atoms with Crippen molar-refractivity contribution in [3.8, 4) is 0 Å². The average molecular weight is 433 g/mol. The van der Waals surface area contributed by atoms with Crippen molar-refractivity contribution >= 4 is 17.4 Å². The van der Waals surface area contributed by atoms with E-state index < -0.39 is 0 Å². The van der Waals surface area contributed by atoms with Gasteiger partial charge in [-0.25, -0.2) is 9.67 Å². The molecular formula is C24H28N6O2. The number of amides is 1. The quantitative estimate of drug-likeness (QED) is 0.666. The summed E-state index contributed by atoms with van der Waals surface area (Å²) in [6.07, 6.45) is 3.62. The van der Waals surface area contributed by atoms with Gasteiger partial charge in [0.15, 0.2) is 0 Å². The first-order valence-corrected chi connectivity index (χ1v) is 10.9. The summed E-state index contributed by atoms with van der Waals surface area (Å²) in [6, 6.07) is 11.1. The highest BCUT2D eigenvalue weighted by Gasteiger charge is 2.26. The summed E-state index contributed by atoms with van der Waals surface area (Å²) < 4.78 is 1.24. The monoisotopic (exact) mass is 432 g/mol. The highest BCUT2D eigenvalue weighted by Crippen LogP contribution is 2.29. The van der Waals surface area contributed by atoms with Gasteiger partial charge in [0.05, 0.1) is 5.69 Å². The molecule has 0 aliphatic carbocycles. The number of hydrogen-bond acceptors (Lipinski definition) is 6. The van der Waals surface area contributed by atoms with Crippen LogP contribution in [-0.4, -0.2) is 43.6 Å². The number of likely N-dealkylation sites (tertiary alicyclic amines) is 1. The van der Waals surface area contributed by atoms with Gasteiger partial charge in [0, 0.05) is 48.3 Å². The largest absolute Gasteiger partial charge is 0.340 e. The van der Waals surface area contributed by atoms with Crippen LogP contribution in [0.2, 0.25) is 0 Å². The van der Waals surface area contributed by atoms with Crippen molar-refractivity contribution in [1.29, 1.82) is 0 Å². The molecule has 0 aromatic carbocycles. The Morgan fingerprint density at radius 1 is 1.16 bits per heavy atom. The molecule has 32 heavy (non-hydrogen) atoms. The zero-order valence-corrected chi connectivity index (χ0v) is 18.7. The van der Waals surface area contributed by atoms with Crippen molar-refractivity contribution in [2.75, 3.05) is 18.4 Å². The van der Waals surface area contributed by atoms with E-state index >= 15 is 0 Å². The second kappa shape index (κ2) is 9.30. The van der Waals surface area contributed by atoms with Crippen LogP contribution in [0, 0.1) is 20.8 Å². The first-order valence-electron chi connectivity index (χ1n) is 10.9. The van der Waals surface area contributed by atoms with Crippen LogP contribution in [0.4, 0.5) is 11.5 Å². The lowest BCUT2D eigenvalue weighted by Gasteiger charge is -2.33. The second-order valence-electron chi connectivity index (χ2n) is 8.37. The average Bonchev–Trinajstić information content (AvgIpc) is 2.77. The van der Waals surface area contributed by atoms with Crippen molar-refractivity contribution in [1.82, 2.24) is 24.6 Å². The molecule has 1 amide bonds. The van der Waals surface area contributed by atoms with Crippen molar-refractivity contribution in [2.45, 2.75) is 46.1 Å². The SMILES string of the molecule is Cc1cc(Nc2ncccc2C)cc([C@H]2CCCN(C(=O)Cn3nc(C)ccc3=O)C2)n1. The molecule has 1 aliphatic heterocycles. The van der Waals surface area contributed by atoms with Crippen LogP contribution in [-0.2, 0) is 11.3 Å². The molecule has 8 nitrogen and oxygen atoms in total. The highest BCUT2D eigenvalue weighted by molar-refractivity contribution is 5.76. The van der Waals surface area contributed by atoms with Gasteiger partial charge >= 0.3 is 0 Å². The number of carbonyl (C=O) groups is 1. The molecule has 1 fully saturated rings. The Kier molecular flexibility index (Phi) is 6.30. The summed E-state index contributed by atoms with van der Waals surface area (Å²) in [5.41, 5.74) is 4.33. The molecule has 1 N–H and O–H groups in total. The predicted molar refractivity (Wildman–Crippen MR) is 123 cm³/mol. The van der Waals surface area contributed by atoms with Gasteiger partial charge in [-0.15, -0.1) is 0 Å². The number of rotatable bonds is 5. The molecule has 1 aliphatic rings. The molecule has 3 aromatic rings. The smallest absolute Gasteiger partial charge is 0.267 e. The van der Waals surface area contributed by atoms with Crippen molar-refractivity contribution in [2.24, 2.45) is 0 Å². The minimum Gasteiger partial charge on any atom is -0.340 e. The first kappa shape index (κ1) is 21.7. The molecule has 4 heterocycles. The lowest BCUT2D eigenvalue weighted by molar-refractivity contribution is -0.133. The van der Waals surface area contributed by atoms with E-state index in [-0.39, 0.29) is 23.9 Å². The molecule has 0 unspecified atom stereocenters. The number of aromatic nitrogens is 4. The minimum absolute atomic E-state index is 0.0414.